The zero-order valence-corrected chi connectivity index (χ0v) is 7.99. The van der Waals surface area contributed by atoms with Gasteiger partial charge in [-0.15, -0.1) is 0 Å². The van der Waals surface area contributed by atoms with Crippen molar-refractivity contribution in [2.24, 2.45) is 0 Å². The molecule has 1 rings (SSSR count). The molecule has 0 aromatic heterocycles. The van der Waals surface area contributed by atoms with Crippen molar-refractivity contribution in [1.29, 1.82) is 0 Å². The standard InChI is InChI=1S/C10H13NO3/c1-14-9-4-2-3-8(7-9)5-6-11-10(12)13/h2-4,7,11H,5-6H2,1H3,(H,12,13). The Kier molecular flexibility index (Phi) is 3.79. The lowest BCUT2D eigenvalue weighted by Gasteiger charge is -2.04. The summed E-state index contributed by atoms with van der Waals surface area (Å²) in [7, 11) is 1.61. The molecule has 1 aromatic carbocycles. The lowest BCUT2D eigenvalue weighted by atomic mass is 10.1. The summed E-state index contributed by atoms with van der Waals surface area (Å²) in [5.74, 6) is 0.790. The van der Waals surface area contributed by atoms with Gasteiger partial charge in [-0.25, -0.2) is 4.79 Å². The molecule has 0 fully saturated rings. The van der Waals surface area contributed by atoms with E-state index in [1.807, 2.05) is 24.3 Å². The van der Waals surface area contributed by atoms with Crippen LogP contribution in [0.2, 0.25) is 0 Å². The first-order valence-corrected chi connectivity index (χ1v) is 4.32. The molecule has 0 saturated heterocycles. The summed E-state index contributed by atoms with van der Waals surface area (Å²) in [6.45, 7) is 0.419. The first kappa shape index (κ1) is 10.4. The highest BCUT2D eigenvalue weighted by atomic mass is 16.5. The summed E-state index contributed by atoms with van der Waals surface area (Å²) in [6, 6.07) is 7.57. The van der Waals surface area contributed by atoms with Crippen molar-refractivity contribution in [2.75, 3.05) is 13.7 Å². The van der Waals surface area contributed by atoms with Crippen molar-refractivity contribution in [3.05, 3.63) is 29.8 Å². The SMILES string of the molecule is COc1cccc(CCNC(=O)O)c1. The lowest BCUT2D eigenvalue weighted by molar-refractivity contribution is 0.194. The molecule has 2 N–H and O–H groups in total. The molecule has 0 atom stereocenters. The monoisotopic (exact) mass is 195 g/mol. The number of carboxylic acid groups (broad SMARTS) is 1. The fourth-order valence-corrected chi connectivity index (χ4v) is 1.14. The van der Waals surface area contributed by atoms with Crippen LogP contribution in [-0.4, -0.2) is 24.9 Å². The van der Waals surface area contributed by atoms with E-state index in [1.165, 1.54) is 0 Å². The molecule has 0 aliphatic heterocycles. The normalized spacial score (nSPS) is 9.50. The van der Waals surface area contributed by atoms with Crippen LogP contribution in [-0.2, 0) is 6.42 Å². The fourth-order valence-electron chi connectivity index (χ4n) is 1.14. The van der Waals surface area contributed by atoms with Gasteiger partial charge < -0.3 is 15.2 Å². The van der Waals surface area contributed by atoms with Crippen molar-refractivity contribution in [3.63, 3.8) is 0 Å². The second-order valence-electron chi connectivity index (χ2n) is 2.83. The zero-order chi connectivity index (χ0) is 10.4. The minimum atomic E-state index is -0.993. The lowest BCUT2D eigenvalue weighted by Crippen LogP contribution is -2.23. The molecule has 4 heteroatoms. The van der Waals surface area contributed by atoms with Crippen LogP contribution < -0.4 is 10.1 Å². The molecular weight excluding hydrogens is 182 g/mol. The van der Waals surface area contributed by atoms with E-state index in [1.54, 1.807) is 7.11 Å². The molecule has 0 aliphatic carbocycles. The van der Waals surface area contributed by atoms with E-state index >= 15 is 0 Å². The third kappa shape index (κ3) is 3.35. The maximum atomic E-state index is 10.2. The Bertz CT molecular complexity index is 312. The van der Waals surface area contributed by atoms with Crippen molar-refractivity contribution in [3.8, 4) is 5.75 Å². The molecule has 76 valence electrons. The van der Waals surface area contributed by atoms with Crippen LogP contribution in [0.15, 0.2) is 24.3 Å². The Morgan fingerprint density at radius 3 is 3.00 bits per heavy atom. The van der Waals surface area contributed by atoms with Gasteiger partial charge in [0.25, 0.3) is 0 Å². The average Bonchev–Trinajstić information content (AvgIpc) is 2.18. The Balaban J connectivity index is 2.46. The number of hydrogen-bond acceptors (Lipinski definition) is 2. The summed E-state index contributed by atoms with van der Waals surface area (Å²) in [5, 5.41) is 10.7. The Morgan fingerprint density at radius 2 is 2.36 bits per heavy atom. The minimum Gasteiger partial charge on any atom is -0.497 e. The smallest absolute Gasteiger partial charge is 0.404 e. The van der Waals surface area contributed by atoms with Crippen molar-refractivity contribution in [2.45, 2.75) is 6.42 Å². The Hall–Kier alpha value is -1.71. The van der Waals surface area contributed by atoms with Crippen LogP contribution >= 0.6 is 0 Å². The number of rotatable bonds is 4. The van der Waals surface area contributed by atoms with Crippen molar-refractivity contribution < 1.29 is 14.6 Å². The van der Waals surface area contributed by atoms with Crippen LogP contribution in [0.1, 0.15) is 5.56 Å². The van der Waals surface area contributed by atoms with Gasteiger partial charge in [-0.05, 0) is 24.1 Å². The van der Waals surface area contributed by atoms with Gasteiger partial charge in [-0.2, -0.15) is 0 Å². The number of benzene rings is 1. The maximum absolute atomic E-state index is 10.2. The van der Waals surface area contributed by atoms with Crippen molar-refractivity contribution >= 4 is 6.09 Å². The van der Waals surface area contributed by atoms with Gasteiger partial charge in [0.05, 0.1) is 7.11 Å². The molecule has 0 bridgehead atoms. The van der Waals surface area contributed by atoms with E-state index < -0.39 is 6.09 Å². The predicted octanol–water partition coefficient (Wildman–Crippen LogP) is 1.51. The second kappa shape index (κ2) is 5.11. The molecule has 0 spiro atoms. The molecule has 0 radical (unpaired) electrons. The van der Waals surface area contributed by atoms with Crippen LogP contribution in [0.25, 0.3) is 0 Å². The van der Waals surface area contributed by atoms with Crippen LogP contribution in [0.4, 0.5) is 4.79 Å². The van der Waals surface area contributed by atoms with Gasteiger partial charge in [0.1, 0.15) is 5.75 Å². The number of ether oxygens (including phenoxy) is 1. The number of nitrogens with one attached hydrogen (secondary N) is 1. The van der Waals surface area contributed by atoms with Gasteiger partial charge in [0, 0.05) is 6.54 Å². The highest BCUT2D eigenvalue weighted by Crippen LogP contribution is 2.12. The van der Waals surface area contributed by atoms with Gasteiger partial charge in [-0.1, -0.05) is 12.1 Å². The molecule has 1 aromatic rings. The van der Waals surface area contributed by atoms with E-state index in [9.17, 15) is 4.79 Å². The summed E-state index contributed by atoms with van der Waals surface area (Å²) in [4.78, 5) is 10.2. The number of carbonyl (C=O) groups is 1. The van der Waals surface area contributed by atoms with Gasteiger partial charge in [0.2, 0.25) is 0 Å². The largest absolute Gasteiger partial charge is 0.497 e. The highest BCUT2D eigenvalue weighted by molar-refractivity contribution is 5.64. The highest BCUT2D eigenvalue weighted by Gasteiger charge is 1.97. The molecular formula is C10H13NO3. The molecule has 0 unspecified atom stereocenters. The Morgan fingerprint density at radius 1 is 1.57 bits per heavy atom. The van der Waals surface area contributed by atoms with E-state index in [4.69, 9.17) is 9.84 Å². The van der Waals surface area contributed by atoms with Gasteiger partial charge >= 0.3 is 6.09 Å². The number of hydrogen-bond donors (Lipinski definition) is 2. The van der Waals surface area contributed by atoms with E-state index in [-0.39, 0.29) is 0 Å². The van der Waals surface area contributed by atoms with E-state index in [2.05, 4.69) is 5.32 Å². The second-order valence-corrected chi connectivity index (χ2v) is 2.83. The third-order valence-corrected chi connectivity index (χ3v) is 1.82. The number of methoxy groups -OCH3 is 1. The Labute approximate surface area is 82.5 Å². The fraction of sp³-hybridized carbons (Fsp3) is 0.300. The molecule has 4 nitrogen and oxygen atoms in total. The van der Waals surface area contributed by atoms with Gasteiger partial charge in [0.15, 0.2) is 0 Å². The summed E-state index contributed by atoms with van der Waals surface area (Å²) < 4.78 is 5.05. The summed E-state index contributed by atoms with van der Waals surface area (Å²) >= 11 is 0. The quantitative estimate of drug-likeness (QED) is 0.765. The molecule has 0 heterocycles. The first-order chi connectivity index (χ1) is 6.72. The minimum absolute atomic E-state index is 0.419. The molecule has 0 saturated carbocycles. The molecule has 14 heavy (non-hydrogen) atoms. The summed E-state index contributed by atoms with van der Waals surface area (Å²) in [5.41, 5.74) is 1.05. The zero-order valence-electron chi connectivity index (χ0n) is 7.99. The topological polar surface area (TPSA) is 58.6 Å². The third-order valence-electron chi connectivity index (χ3n) is 1.82. The van der Waals surface area contributed by atoms with Crippen molar-refractivity contribution in [1.82, 2.24) is 5.32 Å². The van der Waals surface area contributed by atoms with Gasteiger partial charge in [-0.3, -0.25) is 0 Å². The molecule has 0 aliphatic rings. The first-order valence-electron chi connectivity index (χ1n) is 4.32. The predicted molar refractivity (Wildman–Crippen MR) is 52.7 cm³/mol. The van der Waals surface area contributed by atoms with E-state index in [0.29, 0.717) is 13.0 Å². The maximum Gasteiger partial charge on any atom is 0.404 e. The molecule has 1 amide bonds. The van der Waals surface area contributed by atoms with Crippen LogP contribution in [0.3, 0.4) is 0 Å². The van der Waals surface area contributed by atoms with Crippen LogP contribution in [0, 0.1) is 0 Å². The number of amides is 1. The summed E-state index contributed by atoms with van der Waals surface area (Å²) in [6.07, 6.45) is -0.323. The van der Waals surface area contributed by atoms with E-state index in [0.717, 1.165) is 11.3 Å². The van der Waals surface area contributed by atoms with Crippen LogP contribution in [0.5, 0.6) is 5.75 Å². The average molecular weight is 195 g/mol.